The van der Waals surface area contributed by atoms with E-state index in [9.17, 15) is 0 Å². The van der Waals surface area contributed by atoms with E-state index >= 15 is 0 Å². The van der Waals surface area contributed by atoms with Crippen LogP contribution in [-0.4, -0.2) is 49.8 Å². The zero-order valence-electron chi connectivity index (χ0n) is 12.0. The Labute approximate surface area is 107 Å². The summed E-state index contributed by atoms with van der Waals surface area (Å²) in [4.78, 5) is 2.55. The van der Waals surface area contributed by atoms with Gasteiger partial charge in [-0.1, -0.05) is 13.8 Å². The Morgan fingerprint density at radius 3 is 2.59 bits per heavy atom. The molecule has 1 unspecified atom stereocenters. The second-order valence-corrected chi connectivity index (χ2v) is 5.82. The SMILES string of the molecule is CC(C)CN(CCNCC1CCCO1)C(C)C. The van der Waals surface area contributed by atoms with Crippen LogP contribution in [-0.2, 0) is 4.74 Å². The van der Waals surface area contributed by atoms with Gasteiger partial charge in [0.05, 0.1) is 6.10 Å². The van der Waals surface area contributed by atoms with Crippen LogP contribution in [0, 0.1) is 5.92 Å². The highest BCUT2D eigenvalue weighted by Gasteiger charge is 2.15. The fraction of sp³-hybridized carbons (Fsp3) is 1.00. The first-order valence-corrected chi connectivity index (χ1v) is 7.16. The first-order valence-electron chi connectivity index (χ1n) is 7.16. The van der Waals surface area contributed by atoms with E-state index in [1.807, 2.05) is 0 Å². The summed E-state index contributed by atoms with van der Waals surface area (Å²) in [5.41, 5.74) is 0. The predicted octanol–water partition coefficient (Wildman–Crippen LogP) is 2.12. The number of rotatable bonds is 8. The normalized spacial score (nSPS) is 21.0. The van der Waals surface area contributed by atoms with Crippen LogP contribution < -0.4 is 5.32 Å². The molecule has 1 N–H and O–H groups in total. The maximum atomic E-state index is 5.60. The highest BCUT2D eigenvalue weighted by atomic mass is 16.5. The molecule has 1 fully saturated rings. The van der Waals surface area contributed by atoms with Crippen molar-refractivity contribution in [3.8, 4) is 0 Å². The summed E-state index contributed by atoms with van der Waals surface area (Å²) in [6, 6.07) is 0.641. The van der Waals surface area contributed by atoms with Crippen molar-refractivity contribution in [2.45, 2.75) is 52.7 Å². The lowest BCUT2D eigenvalue weighted by Crippen LogP contribution is -2.40. The quantitative estimate of drug-likeness (QED) is 0.660. The van der Waals surface area contributed by atoms with Gasteiger partial charge < -0.3 is 10.1 Å². The monoisotopic (exact) mass is 242 g/mol. The van der Waals surface area contributed by atoms with Crippen LogP contribution in [0.4, 0.5) is 0 Å². The van der Waals surface area contributed by atoms with E-state index < -0.39 is 0 Å². The minimum absolute atomic E-state index is 0.465. The van der Waals surface area contributed by atoms with E-state index in [2.05, 4.69) is 37.9 Å². The van der Waals surface area contributed by atoms with Gasteiger partial charge in [-0.05, 0) is 32.6 Å². The molecular weight excluding hydrogens is 212 g/mol. The van der Waals surface area contributed by atoms with Crippen molar-refractivity contribution in [3.63, 3.8) is 0 Å². The standard InChI is InChI=1S/C14H30N2O/c1-12(2)11-16(13(3)4)8-7-15-10-14-6-5-9-17-14/h12-15H,5-11H2,1-4H3. The van der Waals surface area contributed by atoms with Crippen LogP contribution in [0.2, 0.25) is 0 Å². The molecule has 0 aromatic heterocycles. The zero-order chi connectivity index (χ0) is 12.7. The highest BCUT2D eigenvalue weighted by molar-refractivity contribution is 4.70. The minimum Gasteiger partial charge on any atom is -0.377 e. The van der Waals surface area contributed by atoms with Gasteiger partial charge in [0.1, 0.15) is 0 Å². The van der Waals surface area contributed by atoms with Gasteiger partial charge >= 0.3 is 0 Å². The molecule has 3 nitrogen and oxygen atoms in total. The number of ether oxygens (including phenoxy) is 1. The van der Waals surface area contributed by atoms with E-state index in [1.54, 1.807) is 0 Å². The number of nitrogens with one attached hydrogen (secondary N) is 1. The predicted molar refractivity (Wildman–Crippen MR) is 73.4 cm³/mol. The first-order chi connectivity index (χ1) is 8.09. The summed E-state index contributed by atoms with van der Waals surface area (Å²) < 4.78 is 5.60. The Kier molecular flexibility index (Phi) is 7.09. The van der Waals surface area contributed by atoms with Crippen LogP contribution in [0.5, 0.6) is 0 Å². The highest BCUT2D eigenvalue weighted by Crippen LogP contribution is 2.10. The van der Waals surface area contributed by atoms with Gasteiger partial charge in [-0.3, -0.25) is 4.90 Å². The second kappa shape index (κ2) is 8.06. The Balaban J connectivity index is 2.09. The molecule has 3 heteroatoms. The third-order valence-electron chi connectivity index (χ3n) is 3.30. The summed E-state index contributed by atoms with van der Waals surface area (Å²) in [6.45, 7) is 14.5. The van der Waals surface area contributed by atoms with Gasteiger partial charge in [-0.25, -0.2) is 0 Å². The molecule has 0 radical (unpaired) electrons. The third kappa shape index (κ3) is 6.39. The van der Waals surface area contributed by atoms with Crippen molar-refractivity contribution in [3.05, 3.63) is 0 Å². The summed E-state index contributed by atoms with van der Waals surface area (Å²) in [5.74, 6) is 0.746. The largest absolute Gasteiger partial charge is 0.377 e. The molecule has 1 aliphatic rings. The molecule has 0 aromatic rings. The third-order valence-corrected chi connectivity index (χ3v) is 3.30. The maximum Gasteiger partial charge on any atom is 0.0700 e. The molecule has 0 bridgehead atoms. The lowest BCUT2D eigenvalue weighted by Gasteiger charge is -2.28. The molecule has 102 valence electrons. The smallest absolute Gasteiger partial charge is 0.0700 e. The van der Waals surface area contributed by atoms with Crippen LogP contribution in [0.15, 0.2) is 0 Å². The van der Waals surface area contributed by atoms with Crippen molar-refractivity contribution >= 4 is 0 Å². The maximum absolute atomic E-state index is 5.60. The molecule has 0 aliphatic carbocycles. The van der Waals surface area contributed by atoms with Crippen LogP contribution >= 0.6 is 0 Å². The average Bonchev–Trinajstić information content (AvgIpc) is 2.74. The topological polar surface area (TPSA) is 24.5 Å². The lowest BCUT2D eigenvalue weighted by molar-refractivity contribution is 0.108. The molecule has 0 aromatic carbocycles. The van der Waals surface area contributed by atoms with Gasteiger partial charge in [0.15, 0.2) is 0 Å². The van der Waals surface area contributed by atoms with E-state index in [4.69, 9.17) is 4.74 Å². The van der Waals surface area contributed by atoms with Crippen molar-refractivity contribution in [1.29, 1.82) is 0 Å². The Morgan fingerprint density at radius 1 is 1.29 bits per heavy atom. The van der Waals surface area contributed by atoms with Crippen molar-refractivity contribution in [2.24, 2.45) is 5.92 Å². The minimum atomic E-state index is 0.465. The second-order valence-electron chi connectivity index (χ2n) is 5.82. The fourth-order valence-corrected chi connectivity index (χ4v) is 2.32. The lowest BCUT2D eigenvalue weighted by atomic mass is 10.2. The van der Waals surface area contributed by atoms with Crippen LogP contribution in [0.3, 0.4) is 0 Å². The van der Waals surface area contributed by atoms with Crippen molar-refractivity contribution in [2.75, 3.05) is 32.8 Å². The van der Waals surface area contributed by atoms with E-state index in [0.29, 0.717) is 12.1 Å². The summed E-state index contributed by atoms with van der Waals surface area (Å²) >= 11 is 0. The van der Waals surface area contributed by atoms with Crippen molar-refractivity contribution in [1.82, 2.24) is 10.2 Å². The van der Waals surface area contributed by atoms with E-state index in [0.717, 1.165) is 32.2 Å². The van der Waals surface area contributed by atoms with E-state index in [-0.39, 0.29) is 0 Å². The Morgan fingerprint density at radius 2 is 2.06 bits per heavy atom. The van der Waals surface area contributed by atoms with Gasteiger partial charge in [0.25, 0.3) is 0 Å². The van der Waals surface area contributed by atoms with Gasteiger partial charge in [0.2, 0.25) is 0 Å². The Hall–Kier alpha value is -0.120. The van der Waals surface area contributed by atoms with Gasteiger partial charge in [0, 0.05) is 38.8 Å². The zero-order valence-corrected chi connectivity index (χ0v) is 12.0. The number of nitrogens with zero attached hydrogens (tertiary/aromatic N) is 1. The molecule has 1 heterocycles. The molecule has 0 spiro atoms. The molecule has 0 amide bonds. The Bertz CT molecular complexity index is 189. The molecule has 1 saturated heterocycles. The van der Waals surface area contributed by atoms with E-state index in [1.165, 1.54) is 19.4 Å². The molecule has 1 rings (SSSR count). The van der Waals surface area contributed by atoms with Gasteiger partial charge in [-0.2, -0.15) is 0 Å². The van der Waals surface area contributed by atoms with Crippen molar-refractivity contribution < 1.29 is 4.74 Å². The van der Waals surface area contributed by atoms with Crippen LogP contribution in [0.1, 0.15) is 40.5 Å². The summed E-state index contributed by atoms with van der Waals surface area (Å²) in [7, 11) is 0. The molecule has 1 atom stereocenters. The molecule has 1 aliphatic heterocycles. The fourth-order valence-electron chi connectivity index (χ4n) is 2.32. The van der Waals surface area contributed by atoms with Gasteiger partial charge in [-0.15, -0.1) is 0 Å². The first kappa shape index (κ1) is 14.9. The van der Waals surface area contributed by atoms with Crippen LogP contribution in [0.25, 0.3) is 0 Å². The summed E-state index contributed by atoms with van der Waals surface area (Å²) in [6.07, 6.45) is 2.93. The average molecular weight is 242 g/mol. The molecule has 17 heavy (non-hydrogen) atoms. The summed E-state index contributed by atoms with van der Waals surface area (Å²) in [5, 5.41) is 3.52. The molecular formula is C14H30N2O. The number of hydrogen-bond donors (Lipinski definition) is 1. The number of hydrogen-bond acceptors (Lipinski definition) is 3. The molecule has 0 saturated carbocycles.